The van der Waals surface area contributed by atoms with Gasteiger partial charge in [-0.2, -0.15) is 0 Å². The summed E-state index contributed by atoms with van der Waals surface area (Å²) in [6, 6.07) is 2.99. The van der Waals surface area contributed by atoms with Gasteiger partial charge in [-0.05, 0) is 17.7 Å². The predicted octanol–water partition coefficient (Wildman–Crippen LogP) is 3.29. The molecule has 2 heterocycles. The van der Waals surface area contributed by atoms with Crippen LogP contribution in [-0.4, -0.2) is 20.6 Å². The minimum Gasteiger partial charge on any atom is -0.283 e. The van der Waals surface area contributed by atoms with Crippen molar-refractivity contribution < 1.29 is 13.6 Å². The number of halogens is 2. The minimum absolute atomic E-state index is 0.341. The number of carbonyl (C=O) groups is 1. The lowest BCUT2D eigenvalue weighted by Crippen LogP contribution is -2.17. The summed E-state index contributed by atoms with van der Waals surface area (Å²) < 4.78 is 27.6. The molecule has 2 aromatic heterocycles. The fourth-order valence-electron chi connectivity index (χ4n) is 1.90. The number of nitrogens with one attached hydrogen (secondary N) is 1. The molecule has 0 aliphatic carbocycles. The lowest BCUT2D eigenvalue weighted by atomic mass is 10.1. The number of imidazole rings is 1. The van der Waals surface area contributed by atoms with Crippen LogP contribution in [-0.2, 0) is 6.42 Å². The molecule has 1 N–H and O–H groups in total. The van der Waals surface area contributed by atoms with E-state index in [1.165, 1.54) is 46.8 Å². The highest BCUT2D eigenvalue weighted by Gasteiger charge is 2.09. The van der Waals surface area contributed by atoms with E-state index < -0.39 is 11.6 Å². The molecule has 0 spiro atoms. The van der Waals surface area contributed by atoms with Crippen molar-refractivity contribution in [3.63, 3.8) is 0 Å². The molecule has 8 heteroatoms. The maximum Gasteiger partial charge on any atom is 0.333 e. The van der Waals surface area contributed by atoms with Gasteiger partial charge in [-0.25, -0.2) is 23.5 Å². The molecule has 112 valence electrons. The predicted molar refractivity (Wildman–Crippen MR) is 77.9 cm³/mol. The molecule has 3 rings (SSSR count). The zero-order chi connectivity index (χ0) is 15.5. The lowest BCUT2D eigenvalue weighted by molar-refractivity contribution is 0.253. The SMILES string of the molecule is O=C(Nc1ncc(Cc2cc(F)cc(F)c2)s1)n1ccnc1. The van der Waals surface area contributed by atoms with Gasteiger partial charge in [0.2, 0.25) is 0 Å². The van der Waals surface area contributed by atoms with Gasteiger partial charge < -0.3 is 0 Å². The number of carbonyl (C=O) groups excluding carboxylic acids is 1. The Bertz CT molecular complexity index is 781. The number of thiazole rings is 1. The molecule has 5 nitrogen and oxygen atoms in total. The second-order valence-electron chi connectivity index (χ2n) is 4.49. The highest BCUT2D eigenvalue weighted by atomic mass is 32.1. The number of nitrogens with zero attached hydrogens (tertiary/aromatic N) is 3. The normalized spacial score (nSPS) is 10.6. The maximum absolute atomic E-state index is 13.1. The minimum atomic E-state index is -0.617. The third kappa shape index (κ3) is 3.34. The molecular weight excluding hydrogens is 310 g/mol. The van der Waals surface area contributed by atoms with Gasteiger partial charge in [0, 0.05) is 36.0 Å². The Morgan fingerprint density at radius 3 is 2.73 bits per heavy atom. The van der Waals surface area contributed by atoms with Gasteiger partial charge in [0.1, 0.15) is 18.0 Å². The molecule has 0 saturated carbocycles. The van der Waals surface area contributed by atoms with E-state index in [-0.39, 0.29) is 6.03 Å². The van der Waals surface area contributed by atoms with Crippen molar-refractivity contribution in [1.82, 2.24) is 14.5 Å². The van der Waals surface area contributed by atoms with E-state index >= 15 is 0 Å². The molecule has 1 aromatic carbocycles. The summed E-state index contributed by atoms with van der Waals surface area (Å²) in [4.78, 5) is 20.4. The van der Waals surface area contributed by atoms with Crippen molar-refractivity contribution in [2.45, 2.75) is 6.42 Å². The van der Waals surface area contributed by atoms with E-state index in [0.717, 1.165) is 10.9 Å². The van der Waals surface area contributed by atoms with Gasteiger partial charge in [-0.15, -0.1) is 11.3 Å². The number of hydrogen-bond acceptors (Lipinski definition) is 4. The summed E-state index contributed by atoms with van der Waals surface area (Å²) in [5, 5.41) is 3.02. The van der Waals surface area contributed by atoms with Crippen LogP contribution in [0.1, 0.15) is 10.4 Å². The molecule has 0 unspecified atom stereocenters. The van der Waals surface area contributed by atoms with Crippen molar-refractivity contribution >= 4 is 22.5 Å². The van der Waals surface area contributed by atoms with Gasteiger partial charge >= 0.3 is 6.03 Å². The summed E-state index contributed by atoms with van der Waals surface area (Å²) in [5.74, 6) is -1.23. The number of benzene rings is 1. The van der Waals surface area contributed by atoms with Crippen LogP contribution in [0.5, 0.6) is 0 Å². The van der Waals surface area contributed by atoms with Crippen LogP contribution in [0.3, 0.4) is 0 Å². The average Bonchev–Trinajstić information content (AvgIpc) is 3.09. The zero-order valence-corrected chi connectivity index (χ0v) is 12.0. The smallest absolute Gasteiger partial charge is 0.283 e. The van der Waals surface area contributed by atoms with Gasteiger partial charge in [0.05, 0.1) is 0 Å². The van der Waals surface area contributed by atoms with E-state index in [1.807, 2.05) is 0 Å². The quantitative estimate of drug-likeness (QED) is 0.805. The Kier molecular flexibility index (Phi) is 3.92. The number of hydrogen-bond donors (Lipinski definition) is 1. The number of amides is 1. The molecule has 0 bridgehead atoms. The summed E-state index contributed by atoms with van der Waals surface area (Å²) in [6.07, 6.45) is 6.29. The number of aromatic nitrogens is 3. The van der Waals surface area contributed by atoms with Crippen LogP contribution in [0.2, 0.25) is 0 Å². The average molecular weight is 320 g/mol. The highest BCUT2D eigenvalue weighted by Crippen LogP contribution is 2.22. The van der Waals surface area contributed by atoms with E-state index in [2.05, 4.69) is 15.3 Å². The summed E-state index contributed by atoms with van der Waals surface area (Å²) in [6.45, 7) is 0. The third-order valence-corrected chi connectivity index (χ3v) is 3.72. The second kappa shape index (κ2) is 6.02. The molecule has 22 heavy (non-hydrogen) atoms. The fourth-order valence-corrected chi connectivity index (χ4v) is 2.73. The van der Waals surface area contributed by atoms with Crippen molar-refractivity contribution in [2.24, 2.45) is 0 Å². The standard InChI is InChI=1S/C14H10F2N4OS/c15-10-3-9(4-11(16)6-10)5-12-7-18-13(22-12)19-14(21)20-2-1-17-8-20/h1-4,6-8H,5H2,(H,18,19,21). The van der Waals surface area contributed by atoms with Gasteiger partial charge in [0.15, 0.2) is 5.13 Å². The maximum atomic E-state index is 13.1. The first-order chi connectivity index (χ1) is 10.6. The van der Waals surface area contributed by atoms with Crippen LogP contribution in [0, 0.1) is 11.6 Å². The third-order valence-electron chi connectivity index (χ3n) is 2.81. The molecule has 0 aliphatic rings. The summed E-state index contributed by atoms with van der Waals surface area (Å²) in [7, 11) is 0. The lowest BCUT2D eigenvalue weighted by Gasteiger charge is -2.01. The molecule has 0 radical (unpaired) electrons. The molecule has 1 amide bonds. The van der Waals surface area contributed by atoms with E-state index in [1.54, 1.807) is 6.20 Å². The first-order valence-electron chi connectivity index (χ1n) is 6.29. The highest BCUT2D eigenvalue weighted by molar-refractivity contribution is 7.15. The van der Waals surface area contributed by atoms with E-state index in [9.17, 15) is 13.6 Å². The Labute approximate surface area is 128 Å². The van der Waals surface area contributed by atoms with Crippen LogP contribution in [0.25, 0.3) is 0 Å². The summed E-state index contributed by atoms with van der Waals surface area (Å²) in [5.41, 5.74) is 0.508. The van der Waals surface area contributed by atoms with Crippen LogP contribution in [0.15, 0.2) is 43.1 Å². The van der Waals surface area contributed by atoms with Gasteiger partial charge in [-0.3, -0.25) is 9.88 Å². The second-order valence-corrected chi connectivity index (χ2v) is 5.60. The van der Waals surface area contributed by atoms with Crippen LogP contribution >= 0.6 is 11.3 Å². The fraction of sp³-hybridized carbons (Fsp3) is 0.0714. The van der Waals surface area contributed by atoms with Crippen molar-refractivity contribution in [2.75, 3.05) is 5.32 Å². The van der Waals surface area contributed by atoms with Crippen LogP contribution < -0.4 is 5.32 Å². The largest absolute Gasteiger partial charge is 0.333 e. The van der Waals surface area contributed by atoms with Gasteiger partial charge in [0.25, 0.3) is 0 Å². The zero-order valence-electron chi connectivity index (χ0n) is 11.2. The van der Waals surface area contributed by atoms with Crippen molar-refractivity contribution in [1.29, 1.82) is 0 Å². The van der Waals surface area contributed by atoms with Gasteiger partial charge in [-0.1, -0.05) is 0 Å². The Hall–Kier alpha value is -2.61. The van der Waals surface area contributed by atoms with Crippen molar-refractivity contribution in [3.05, 3.63) is 65.2 Å². The molecule has 0 atom stereocenters. The molecule has 0 aliphatic heterocycles. The molecule has 3 aromatic rings. The van der Waals surface area contributed by atoms with E-state index in [0.29, 0.717) is 17.1 Å². The first kappa shape index (κ1) is 14.3. The molecular formula is C14H10F2N4OS. The molecule has 0 saturated heterocycles. The summed E-state index contributed by atoms with van der Waals surface area (Å²) >= 11 is 1.24. The number of rotatable bonds is 3. The Balaban J connectivity index is 1.70. The Morgan fingerprint density at radius 1 is 1.27 bits per heavy atom. The molecule has 0 fully saturated rings. The van der Waals surface area contributed by atoms with Crippen molar-refractivity contribution in [3.8, 4) is 0 Å². The Morgan fingerprint density at radius 2 is 2.05 bits per heavy atom. The monoisotopic (exact) mass is 320 g/mol. The van der Waals surface area contributed by atoms with E-state index in [4.69, 9.17) is 0 Å². The van der Waals surface area contributed by atoms with Crippen LogP contribution in [0.4, 0.5) is 18.7 Å². The first-order valence-corrected chi connectivity index (χ1v) is 7.11. The number of anilines is 1. The topological polar surface area (TPSA) is 59.8 Å².